The Kier molecular flexibility index (Phi) is 8.39. The fourth-order valence-corrected chi connectivity index (χ4v) is 7.55. The van der Waals surface area contributed by atoms with Crippen molar-refractivity contribution in [2.75, 3.05) is 13.9 Å². The molecule has 2 saturated heterocycles. The van der Waals surface area contributed by atoms with Gasteiger partial charge in [-0.3, -0.25) is 9.59 Å². The molecule has 4 aliphatic rings. The number of esters is 2. The van der Waals surface area contributed by atoms with Crippen molar-refractivity contribution >= 4 is 70.6 Å². The molecule has 1 aliphatic carbocycles. The maximum atomic E-state index is 13.4. The summed E-state index contributed by atoms with van der Waals surface area (Å²) in [5, 5.41) is 8.56. The van der Waals surface area contributed by atoms with Gasteiger partial charge >= 0.3 is 35.0 Å². The van der Waals surface area contributed by atoms with E-state index >= 15 is 0 Å². The first kappa shape index (κ1) is 32.1. The topological polar surface area (TPSA) is 118 Å². The Morgan fingerprint density at radius 2 is 1.76 bits per heavy atom. The second-order valence-corrected chi connectivity index (χ2v) is 12.3. The SMILES string of the molecule is C=Cc1c2[n-]c(c1C)/C=C1\[N-]C(C3=c4[n-]c(c(C)c4=C4OCOC(=O)[C@H]34)/C=c3\[n-]/c(c(C)c3CC)=C\2)[C@@H](CCC(=O)OC)[C@@H]1C.[Mg+2]. The molecule has 10 heteroatoms. The van der Waals surface area contributed by atoms with Gasteiger partial charge in [-0.25, -0.2) is 0 Å². The van der Waals surface area contributed by atoms with Crippen LogP contribution in [0.15, 0.2) is 12.3 Å². The summed E-state index contributed by atoms with van der Waals surface area (Å²) in [7, 11) is 1.40. The Labute approximate surface area is 283 Å². The van der Waals surface area contributed by atoms with E-state index in [2.05, 4.69) is 27.4 Å². The molecule has 234 valence electrons. The van der Waals surface area contributed by atoms with Gasteiger partial charge in [0.1, 0.15) is 11.7 Å². The molecule has 0 amide bonds. The van der Waals surface area contributed by atoms with Crippen LogP contribution in [0.1, 0.15) is 71.6 Å². The maximum absolute atomic E-state index is 13.4. The summed E-state index contributed by atoms with van der Waals surface area (Å²) in [6, 6.07) is -0.432. The van der Waals surface area contributed by atoms with E-state index in [1.807, 2.05) is 38.2 Å². The number of carbonyl (C=O) groups excluding carboxylic acids is 2. The molecule has 46 heavy (non-hydrogen) atoms. The zero-order valence-electron chi connectivity index (χ0n) is 27.2. The first-order valence-electron chi connectivity index (χ1n) is 15.5. The molecule has 0 saturated carbocycles. The van der Waals surface area contributed by atoms with Crippen LogP contribution < -0.4 is 36.2 Å². The van der Waals surface area contributed by atoms with Gasteiger partial charge in [0.15, 0.2) is 0 Å². The van der Waals surface area contributed by atoms with Crippen molar-refractivity contribution in [1.82, 2.24) is 15.0 Å². The van der Waals surface area contributed by atoms with Crippen LogP contribution in [0.25, 0.3) is 41.0 Å². The van der Waals surface area contributed by atoms with Crippen LogP contribution in [0.2, 0.25) is 0 Å². The number of cyclic esters (lactones) is 1. The number of aromatic nitrogens is 3. The number of carbonyl (C=O) groups is 2. The van der Waals surface area contributed by atoms with Crippen molar-refractivity contribution in [3.05, 3.63) is 83.8 Å². The molecule has 3 aromatic rings. The van der Waals surface area contributed by atoms with Gasteiger partial charge in [-0.2, -0.15) is 5.70 Å². The van der Waals surface area contributed by atoms with Crippen LogP contribution >= 0.6 is 0 Å². The van der Waals surface area contributed by atoms with Crippen molar-refractivity contribution in [2.24, 2.45) is 17.8 Å². The zero-order valence-corrected chi connectivity index (χ0v) is 28.6. The maximum Gasteiger partial charge on any atom is 2.00 e. The van der Waals surface area contributed by atoms with Crippen LogP contribution in [-0.2, 0) is 30.2 Å². The fourth-order valence-electron chi connectivity index (χ4n) is 7.55. The molecular weight excluding hydrogens is 593 g/mol. The van der Waals surface area contributed by atoms with E-state index in [1.165, 1.54) is 7.11 Å². The summed E-state index contributed by atoms with van der Waals surface area (Å²) in [6.07, 6.45) is 9.52. The van der Waals surface area contributed by atoms with E-state index in [0.717, 1.165) is 78.5 Å². The summed E-state index contributed by atoms with van der Waals surface area (Å²) >= 11 is 0. The summed E-state index contributed by atoms with van der Waals surface area (Å²) in [5.74, 6) is -0.963. The molecule has 0 N–H and O–H groups in total. The van der Waals surface area contributed by atoms with Gasteiger partial charge in [-0.1, -0.05) is 78.6 Å². The molecule has 1 unspecified atom stereocenters. The van der Waals surface area contributed by atoms with Crippen molar-refractivity contribution in [1.29, 1.82) is 0 Å². The number of methoxy groups -OCH3 is 1. The van der Waals surface area contributed by atoms with Crippen LogP contribution in [0.3, 0.4) is 0 Å². The molecular formula is C36H36MgN4O5-2. The minimum atomic E-state index is -0.742. The third-order valence-electron chi connectivity index (χ3n) is 10.1. The van der Waals surface area contributed by atoms with Gasteiger partial charge in [0, 0.05) is 11.6 Å². The monoisotopic (exact) mass is 628 g/mol. The minimum absolute atomic E-state index is 0. The van der Waals surface area contributed by atoms with Gasteiger partial charge in [-0.05, 0) is 51.0 Å². The number of hydrogen-bond acceptors (Lipinski definition) is 5. The van der Waals surface area contributed by atoms with Crippen molar-refractivity contribution in [3.63, 3.8) is 0 Å². The van der Waals surface area contributed by atoms with Crippen LogP contribution in [0, 0.1) is 38.5 Å². The van der Waals surface area contributed by atoms with Crippen LogP contribution in [0.4, 0.5) is 0 Å². The largest absolute Gasteiger partial charge is 2.00 e. The van der Waals surface area contributed by atoms with E-state index in [9.17, 15) is 9.59 Å². The van der Waals surface area contributed by atoms with Crippen molar-refractivity contribution < 1.29 is 23.8 Å². The van der Waals surface area contributed by atoms with Gasteiger partial charge in [-0.15, -0.1) is 33.1 Å². The molecule has 0 radical (unpaired) electrons. The van der Waals surface area contributed by atoms with Gasteiger partial charge in [0.2, 0.25) is 6.79 Å². The Morgan fingerprint density at radius 1 is 1.02 bits per heavy atom. The molecule has 4 atom stereocenters. The Morgan fingerprint density at radius 3 is 2.48 bits per heavy atom. The first-order valence-corrected chi connectivity index (χ1v) is 15.5. The average molecular weight is 629 g/mol. The quantitative estimate of drug-likeness (QED) is 0.310. The first-order chi connectivity index (χ1) is 21.7. The normalized spacial score (nSPS) is 25.0. The number of nitrogens with zero attached hydrogens (tertiary/aromatic N) is 4. The molecule has 9 nitrogen and oxygen atoms in total. The number of allylic oxidation sites excluding steroid dienone is 1. The molecule has 0 spiro atoms. The molecule has 0 aromatic carbocycles. The van der Waals surface area contributed by atoms with E-state index < -0.39 is 12.0 Å². The van der Waals surface area contributed by atoms with Crippen LogP contribution in [0.5, 0.6) is 0 Å². The van der Waals surface area contributed by atoms with Crippen molar-refractivity contribution in [2.45, 2.75) is 59.9 Å². The number of rotatable bonds is 5. The summed E-state index contributed by atoms with van der Waals surface area (Å²) in [5.41, 5.74) is 9.15. The fraction of sp³-hybridized carbons (Fsp3) is 0.389. The van der Waals surface area contributed by atoms with Gasteiger partial charge in [0.05, 0.1) is 7.11 Å². The third kappa shape index (κ3) is 4.79. The van der Waals surface area contributed by atoms with E-state index in [-0.39, 0.29) is 60.0 Å². The standard InChI is InChI=1S/C36H36N4O5.Mg/c1-8-20-16(3)23-12-25-18(5)22(10-11-29(41)43-7)33(39-25)31-32-35(44-15-45-36(32)42)30-19(6)26(40-34(30)31)14-28-21(9-2)17(4)24(38-28)13-27(20)37-23;/h8,12-14,18,22,32-33H,1,9-11,15H2,2-7H3;/q-4;+2/b24-13-,25-12-,28-14-;/t18-,22-,32+,33?;/m0./s1. The smallest absolute Gasteiger partial charge is 0.681 e. The summed E-state index contributed by atoms with van der Waals surface area (Å²) in [6.45, 7) is 14.3. The van der Waals surface area contributed by atoms with E-state index in [0.29, 0.717) is 17.5 Å². The second-order valence-electron chi connectivity index (χ2n) is 12.3. The summed E-state index contributed by atoms with van der Waals surface area (Å²) < 4.78 is 16.5. The average Bonchev–Trinajstić information content (AvgIpc) is 3.77. The molecule has 2 fully saturated rings. The predicted octanol–water partition coefficient (Wildman–Crippen LogP) is 1.70. The molecule has 7 rings (SSSR count). The van der Waals surface area contributed by atoms with Gasteiger partial charge in [0.25, 0.3) is 0 Å². The Balaban J connectivity index is 0.00000372. The second kappa shape index (κ2) is 12.0. The van der Waals surface area contributed by atoms with Gasteiger partial charge < -0.3 is 34.5 Å². The molecule has 6 heterocycles. The molecule has 3 aliphatic heterocycles. The Hall–Kier alpha value is -3.89. The Bertz CT molecular complexity index is 2080. The number of fused-ring (bicyclic) bond motifs is 10. The third-order valence-corrected chi connectivity index (χ3v) is 10.1. The summed E-state index contributed by atoms with van der Waals surface area (Å²) in [4.78, 5) is 41.1. The molecule has 8 bridgehead atoms. The number of ether oxygens (including phenoxy) is 3. The zero-order chi connectivity index (χ0) is 31.7. The molecule has 3 aromatic heterocycles. The number of hydrogen-bond donors (Lipinski definition) is 0. The van der Waals surface area contributed by atoms with E-state index in [4.69, 9.17) is 34.5 Å². The van der Waals surface area contributed by atoms with Crippen molar-refractivity contribution in [3.8, 4) is 0 Å². The minimum Gasteiger partial charge on any atom is -0.681 e. The van der Waals surface area contributed by atoms with Crippen LogP contribution in [-0.4, -0.2) is 54.9 Å². The van der Waals surface area contributed by atoms with E-state index in [1.54, 1.807) is 0 Å². The predicted molar refractivity (Wildman–Crippen MR) is 176 cm³/mol.